The number of carbonyl (C=O) groups is 1. The van der Waals surface area contributed by atoms with Crippen LogP contribution in [0.2, 0.25) is 0 Å². The van der Waals surface area contributed by atoms with Crippen LogP contribution in [-0.4, -0.2) is 49.0 Å². The minimum absolute atomic E-state index is 0. The Morgan fingerprint density at radius 3 is 2.50 bits per heavy atom. The van der Waals surface area contributed by atoms with Gasteiger partial charge in [-0.05, 0) is 6.42 Å². The molecule has 4 heteroatoms. The Labute approximate surface area is 98.3 Å². The third-order valence-electron chi connectivity index (χ3n) is 2.87. The number of morpholine rings is 1. The first-order valence-electron chi connectivity index (χ1n) is 6.14. The molecule has 0 bridgehead atoms. The summed E-state index contributed by atoms with van der Waals surface area (Å²) < 4.78 is 5.26. The lowest BCUT2D eigenvalue weighted by atomic mass is 10.1. The SMILES string of the molecule is CCCCCC(=O)CCN1CCOCC1.O. The molecule has 0 aromatic heterocycles. The van der Waals surface area contributed by atoms with E-state index in [-0.39, 0.29) is 5.48 Å². The second kappa shape index (κ2) is 9.75. The Balaban J connectivity index is 0.00000225. The maximum absolute atomic E-state index is 11.5. The number of ether oxygens (including phenoxy) is 1. The summed E-state index contributed by atoms with van der Waals surface area (Å²) in [6.07, 6.45) is 4.94. The highest BCUT2D eigenvalue weighted by atomic mass is 16.5. The first-order valence-corrected chi connectivity index (χ1v) is 6.14. The molecule has 0 unspecified atom stereocenters. The van der Waals surface area contributed by atoms with Crippen LogP contribution >= 0.6 is 0 Å². The van der Waals surface area contributed by atoms with Crippen LogP contribution in [0.25, 0.3) is 0 Å². The second-order valence-corrected chi connectivity index (χ2v) is 4.20. The molecule has 1 rings (SSSR count). The van der Waals surface area contributed by atoms with E-state index in [1.54, 1.807) is 0 Å². The van der Waals surface area contributed by atoms with Crippen molar-refractivity contribution in [3.05, 3.63) is 0 Å². The monoisotopic (exact) mass is 231 g/mol. The summed E-state index contributed by atoms with van der Waals surface area (Å²) in [5.74, 6) is 0.426. The van der Waals surface area contributed by atoms with Gasteiger partial charge in [0.25, 0.3) is 0 Å². The van der Waals surface area contributed by atoms with Gasteiger partial charge in [0.2, 0.25) is 0 Å². The Kier molecular flexibility index (Phi) is 9.48. The summed E-state index contributed by atoms with van der Waals surface area (Å²) in [6, 6.07) is 0. The molecule has 1 aliphatic rings. The highest BCUT2D eigenvalue weighted by Gasteiger charge is 2.11. The van der Waals surface area contributed by atoms with Crippen molar-refractivity contribution in [3.63, 3.8) is 0 Å². The van der Waals surface area contributed by atoms with E-state index in [1.807, 2.05) is 0 Å². The molecule has 0 radical (unpaired) electrons. The van der Waals surface area contributed by atoms with Crippen molar-refractivity contribution < 1.29 is 15.0 Å². The van der Waals surface area contributed by atoms with E-state index in [1.165, 1.54) is 12.8 Å². The summed E-state index contributed by atoms with van der Waals surface area (Å²) in [4.78, 5) is 13.8. The number of hydrogen-bond donors (Lipinski definition) is 0. The molecule has 0 aliphatic carbocycles. The summed E-state index contributed by atoms with van der Waals surface area (Å²) in [6.45, 7) is 6.71. The molecule has 0 amide bonds. The fourth-order valence-electron chi connectivity index (χ4n) is 1.80. The summed E-state index contributed by atoms with van der Waals surface area (Å²) in [7, 11) is 0. The fraction of sp³-hybridized carbons (Fsp3) is 0.917. The molecule has 0 aromatic carbocycles. The highest BCUT2D eigenvalue weighted by molar-refractivity contribution is 5.78. The third-order valence-corrected chi connectivity index (χ3v) is 2.87. The number of unbranched alkanes of at least 4 members (excludes halogenated alkanes) is 2. The molecular formula is C12H25NO3. The molecule has 16 heavy (non-hydrogen) atoms. The molecule has 2 N–H and O–H groups in total. The van der Waals surface area contributed by atoms with Crippen LogP contribution in [-0.2, 0) is 9.53 Å². The van der Waals surface area contributed by atoms with Crippen LogP contribution in [0.4, 0.5) is 0 Å². The molecule has 1 saturated heterocycles. The zero-order chi connectivity index (χ0) is 10.9. The molecule has 1 heterocycles. The maximum Gasteiger partial charge on any atom is 0.134 e. The Hall–Kier alpha value is -0.450. The van der Waals surface area contributed by atoms with E-state index in [0.29, 0.717) is 5.78 Å². The van der Waals surface area contributed by atoms with Gasteiger partial charge >= 0.3 is 0 Å². The zero-order valence-corrected chi connectivity index (χ0v) is 10.3. The molecule has 0 spiro atoms. The number of Topliss-reactive ketones (excluding diaryl/α,β-unsaturated/α-hetero) is 1. The van der Waals surface area contributed by atoms with E-state index in [2.05, 4.69) is 11.8 Å². The van der Waals surface area contributed by atoms with Gasteiger partial charge in [0.05, 0.1) is 13.2 Å². The van der Waals surface area contributed by atoms with Crippen LogP contribution in [0, 0.1) is 0 Å². The van der Waals surface area contributed by atoms with Crippen LogP contribution in [0.5, 0.6) is 0 Å². The van der Waals surface area contributed by atoms with Crippen molar-refractivity contribution in [2.24, 2.45) is 0 Å². The summed E-state index contributed by atoms with van der Waals surface area (Å²) in [5, 5.41) is 0. The van der Waals surface area contributed by atoms with Crippen molar-refractivity contribution in [3.8, 4) is 0 Å². The summed E-state index contributed by atoms with van der Waals surface area (Å²) in [5.41, 5.74) is 0. The van der Waals surface area contributed by atoms with Gasteiger partial charge < -0.3 is 10.2 Å². The van der Waals surface area contributed by atoms with Crippen molar-refractivity contribution in [1.29, 1.82) is 0 Å². The first-order chi connectivity index (χ1) is 7.33. The number of carbonyl (C=O) groups excluding carboxylic acids is 1. The molecule has 1 aliphatic heterocycles. The van der Waals surface area contributed by atoms with Crippen LogP contribution in [0.15, 0.2) is 0 Å². The smallest absolute Gasteiger partial charge is 0.134 e. The van der Waals surface area contributed by atoms with Gasteiger partial charge in [-0.1, -0.05) is 19.8 Å². The van der Waals surface area contributed by atoms with E-state index >= 15 is 0 Å². The predicted molar refractivity (Wildman–Crippen MR) is 64.6 cm³/mol. The maximum atomic E-state index is 11.5. The van der Waals surface area contributed by atoms with Gasteiger partial charge in [0, 0.05) is 32.5 Å². The van der Waals surface area contributed by atoms with Gasteiger partial charge in [-0.15, -0.1) is 0 Å². The van der Waals surface area contributed by atoms with Crippen molar-refractivity contribution in [2.45, 2.75) is 39.0 Å². The average Bonchev–Trinajstić information content (AvgIpc) is 2.28. The van der Waals surface area contributed by atoms with E-state index in [9.17, 15) is 4.79 Å². The molecule has 4 nitrogen and oxygen atoms in total. The highest BCUT2D eigenvalue weighted by Crippen LogP contribution is 2.04. The zero-order valence-electron chi connectivity index (χ0n) is 10.3. The van der Waals surface area contributed by atoms with E-state index in [4.69, 9.17) is 4.74 Å². The minimum atomic E-state index is 0. The lowest BCUT2D eigenvalue weighted by Gasteiger charge is -2.26. The topological polar surface area (TPSA) is 61.0 Å². The van der Waals surface area contributed by atoms with Gasteiger partial charge in [-0.2, -0.15) is 0 Å². The second-order valence-electron chi connectivity index (χ2n) is 4.20. The standard InChI is InChI=1S/C12H23NO2.H2O/c1-2-3-4-5-12(14)6-7-13-8-10-15-11-9-13;/h2-11H2,1H3;1H2. The molecular weight excluding hydrogens is 206 g/mol. The Morgan fingerprint density at radius 2 is 1.88 bits per heavy atom. The lowest BCUT2D eigenvalue weighted by Crippen LogP contribution is -2.37. The third kappa shape index (κ3) is 6.93. The first kappa shape index (κ1) is 15.6. The number of ketones is 1. The molecule has 0 aromatic rings. The van der Waals surface area contributed by atoms with Gasteiger partial charge in [0.15, 0.2) is 0 Å². The average molecular weight is 231 g/mol. The minimum Gasteiger partial charge on any atom is -0.412 e. The molecule has 0 atom stereocenters. The van der Waals surface area contributed by atoms with Crippen LogP contribution in [0.3, 0.4) is 0 Å². The predicted octanol–water partition coefficient (Wildman–Crippen LogP) is 1.03. The quantitative estimate of drug-likeness (QED) is 0.615. The molecule has 0 saturated carbocycles. The molecule has 96 valence electrons. The Morgan fingerprint density at radius 1 is 1.19 bits per heavy atom. The molecule has 1 fully saturated rings. The lowest BCUT2D eigenvalue weighted by molar-refractivity contribution is -0.119. The van der Waals surface area contributed by atoms with Crippen LogP contribution < -0.4 is 0 Å². The van der Waals surface area contributed by atoms with Crippen LogP contribution in [0.1, 0.15) is 39.0 Å². The number of nitrogens with zero attached hydrogens (tertiary/aromatic N) is 1. The fourth-order valence-corrected chi connectivity index (χ4v) is 1.80. The van der Waals surface area contributed by atoms with Crippen molar-refractivity contribution in [1.82, 2.24) is 4.90 Å². The number of rotatable bonds is 7. The largest absolute Gasteiger partial charge is 0.412 e. The van der Waals surface area contributed by atoms with E-state index < -0.39 is 0 Å². The normalized spacial score (nSPS) is 16.8. The Bertz CT molecular complexity index is 179. The van der Waals surface area contributed by atoms with Crippen molar-refractivity contribution in [2.75, 3.05) is 32.8 Å². The van der Waals surface area contributed by atoms with Gasteiger partial charge in [-0.3, -0.25) is 9.69 Å². The number of hydrogen-bond acceptors (Lipinski definition) is 3. The van der Waals surface area contributed by atoms with Gasteiger partial charge in [-0.25, -0.2) is 0 Å². The van der Waals surface area contributed by atoms with Gasteiger partial charge in [0.1, 0.15) is 5.78 Å². The van der Waals surface area contributed by atoms with Crippen molar-refractivity contribution >= 4 is 5.78 Å². The summed E-state index contributed by atoms with van der Waals surface area (Å²) >= 11 is 0. The van der Waals surface area contributed by atoms with E-state index in [0.717, 1.165) is 52.1 Å².